The van der Waals surface area contributed by atoms with Crippen molar-refractivity contribution in [1.82, 2.24) is 25.5 Å². The van der Waals surface area contributed by atoms with E-state index in [-0.39, 0.29) is 30.3 Å². The minimum Gasteiger partial charge on any atom is -0.452 e. The predicted molar refractivity (Wildman–Crippen MR) is 103 cm³/mol. The summed E-state index contributed by atoms with van der Waals surface area (Å²) in [7, 11) is 0. The summed E-state index contributed by atoms with van der Waals surface area (Å²) in [5.41, 5.74) is 0.454. The van der Waals surface area contributed by atoms with Gasteiger partial charge in [-0.15, -0.1) is 5.10 Å². The van der Waals surface area contributed by atoms with Crippen LogP contribution in [0.2, 0.25) is 0 Å². The molecule has 0 aliphatic heterocycles. The van der Waals surface area contributed by atoms with Crippen molar-refractivity contribution in [3.05, 3.63) is 36.2 Å². The lowest BCUT2D eigenvalue weighted by Crippen LogP contribution is -2.33. The van der Waals surface area contributed by atoms with E-state index < -0.39 is 11.9 Å². The Morgan fingerprint density at radius 1 is 1.10 bits per heavy atom. The summed E-state index contributed by atoms with van der Waals surface area (Å²) < 4.78 is 6.37. The van der Waals surface area contributed by atoms with E-state index in [1.807, 2.05) is 0 Å². The normalized spacial score (nSPS) is 14.2. The average molecular weight is 400 g/mol. The van der Waals surface area contributed by atoms with Crippen molar-refractivity contribution in [2.45, 2.75) is 38.6 Å². The van der Waals surface area contributed by atoms with E-state index in [4.69, 9.17) is 4.74 Å². The van der Waals surface area contributed by atoms with Crippen LogP contribution in [0.4, 0.5) is 5.69 Å². The molecule has 1 fully saturated rings. The van der Waals surface area contributed by atoms with Crippen LogP contribution < -0.4 is 10.6 Å². The molecule has 1 aliphatic rings. The standard InChI is InChI=1S/C19H24N6O4/c26-17(11-25-13-21-23-24-25)22-16-9-5-4-8-15(16)19(28)29-12-18(27)20-10-14-6-2-1-3-7-14/h4-5,8-9,13-14H,1-3,6-7,10-12H2,(H,20,27)(H,22,26). The molecule has 0 atom stereocenters. The molecule has 0 unspecified atom stereocenters. The first-order valence-corrected chi connectivity index (χ1v) is 9.65. The number of hydrogen-bond donors (Lipinski definition) is 2. The minimum absolute atomic E-state index is 0.0973. The maximum Gasteiger partial charge on any atom is 0.340 e. The van der Waals surface area contributed by atoms with Gasteiger partial charge >= 0.3 is 5.97 Å². The number of carbonyl (C=O) groups excluding carboxylic acids is 3. The van der Waals surface area contributed by atoms with Crippen LogP contribution in [0.3, 0.4) is 0 Å². The number of esters is 1. The first kappa shape index (κ1) is 20.4. The van der Waals surface area contributed by atoms with Crippen molar-refractivity contribution >= 4 is 23.5 Å². The number of carbonyl (C=O) groups is 3. The summed E-state index contributed by atoms with van der Waals surface area (Å²) in [4.78, 5) is 36.5. The van der Waals surface area contributed by atoms with Gasteiger partial charge in [0.25, 0.3) is 5.91 Å². The van der Waals surface area contributed by atoms with Crippen LogP contribution in [0.1, 0.15) is 42.5 Å². The van der Waals surface area contributed by atoms with Crippen molar-refractivity contribution in [2.24, 2.45) is 5.92 Å². The first-order valence-electron chi connectivity index (χ1n) is 9.65. The lowest BCUT2D eigenvalue weighted by molar-refractivity contribution is -0.124. The smallest absolute Gasteiger partial charge is 0.340 e. The lowest BCUT2D eigenvalue weighted by atomic mass is 9.89. The van der Waals surface area contributed by atoms with E-state index in [0.29, 0.717) is 12.5 Å². The van der Waals surface area contributed by atoms with Gasteiger partial charge in [-0.1, -0.05) is 31.4 Å². The van der Waals surface area contributed by atoms with Crippen LogP contribution in [-0.4, -0.2) is 51.1 Å². The summed E-state index contributed by atoms with van der Waals surface area (Å²) in [5, 5.41) is 16.0. The van der Waals surface area contributed by atoms with Crippen LogP contribution in [0.5, 0.6) is 0 Å². The molecule has 1 aliphatic carbocycles. The van der Waals surface area contributed by atoms with Gasteiger partial charge in [0.2, 0.25) is 5.91 Å². The number of anilines is 1. The third kappa shape index (κ3) is 6.37. The minimum atomic E-state index is -0.684. The molecular weight excluding hydrogens is 376 g/mol. The molecule has 0 radical (unpaired) electrons. The van der Waals surface area contributed by atoms with Gasteiger partial charge in [-0.25, -0.2) is 9.48 Å². The van der Waals surface area contributed by atoms with Crippen molar-refractivity contribution in [2.75, 3.05) is 18.5 Å². The Morgan fingerprint density at radius 3 is 2.66 bits per heavy atom. The number of hydrogen-bond acceptors (Lipinski definition) is 7. The molecule has 154 valence electrons. The maximum absolute atomic E-state index is 12.4. The molecule has 1 aromatic carbocycles. The topological polar surface area (TPSA) is 128 Å². The van der Waals surface area contributed by atoms with Crippen LogP contribution in [0.15, 0.2) is 30.6 Å². The largest absolute Gasteiger partial charge is 0.452 e. The van der Waals surface area contributed by atoms with Crippen LogP contribution in [-0.2, 0) is 20.9 Å². The molecule has 0 saturated heterocycles. The van der Waals surface area contributed by atoms with Gasteiger partial charge in [-0.2, -0.15) is 0 Å². The summed E-state index contributed by atoms with van der Waals surface area (Å²) in [6.45, 7) is 0.151. The van der Waals surface area contributed by atoms with Crippen molar-refractivity contribution in [3.8, 4) is 0 Å². The third-order valence-electron chi connectivity index (χ3n) is 4.77. The Hall–Kier alpha value is -3.30. The highest BCUT2D eigenvalue weighted by molar-refractivity contribution is 6.01. The summed E-state index contributed by atoms with van der Waals surface area (Å²) in [6, 6.07) is 6.43. The van der Waals surface area contributed by atoms with Gasteiger partial charge in [0.1, 0.15) is 12.9 Å². The molecule has 0 spiro atoms. The third-order valence-corrected chi connectivity index (χ3v) is 4.77. The first-order chi connectivity index (χ1) is 14.1. The second kappa shape index (κ2) is 10.3. The Bertz CT molecular complexity index is 833. The van der Waals surface area contributed by atoms with Crippen LogP contribution in [0.25, 0.3) is 0 Å². The number of benzene rings is 1. The fraction of sp³-hybridized carbons (Fsp3) is 0.474. The molecule has 2 amide bonds. The Labute approximate surface area is 168 Å². The number of amides is 2. The Balaban J connectivity index is 1.48. The maximum atomic E-state index is 12.4. The zero-order valence-electron chi connectivity index (χ0n) is 16.0. The zero-order chi connectivity index (χ0) is 20.5. The van der Waals surface area contributed by atoms with Gasteiger partial charge in [-0.05, 0) is 41.3 Å². The molecule has 29 heavy (non-hydrogen) atoms. The summed E-state index contributed by atoms with van der Waals surface area (Å²) in [6.07, 6.45) is 7.21. The van der Waals surface area contributed by atoms with Crippen LogP contribution in [0, 0.1) is 5.92 Å². The van der Waals surface area contributed by atoms with Gasteiger partial charge in [-0.3, -0.25) is 9.59 Å². The SMILES string of the molecule is O=C(COC(=O)c1ccccc1NC(=O)Cn1cnnn1)NCC1CCCCC1. The molecular formula is C19H24N6O4. The Kier molecular flexibility index (Phi) is 7.26. The van der Waals surface area contributed by atoms with Gasteiger partial charge in [0.05, 0.1) is 11.3 Å². The van der Waals surface area contributed by atoms with E-state index in [1.54, 1.807) is 18.2 Å². The number of nitrogens with one attached hydrogen (secondary N) is 2. The quantitative estimate of drug-likeness (QED) is 0.636. The molecule has 1 heterocycles. The van der Waals surface area contributed by atoms with E-state index in [2.05, 4.69) is 26.2 Å². The number of tetrazole rings is 1. The van der Waals surface area contributed by atoms with E-state index >= 15 is 0 Å². The van der Waals surface area contributed by atoms with E-state index in [9.17, 15) is 14.4 Å². The van der Waals surface area contributed by atoms with Crippen LogP contribution >= 0.6 is 0 Å². The summed E-state index contributed by atoms with van der Waals surface area (Å²) in [5.74, 6) is -0.914. The highest BCUT2D eigenvalue weighted by Crippen LogP contribution is 2.22. The number of aromatic nitrogens is 4. The second-order valence-corrected chi connectivity index (χ2v) is 6.99. The number of nitrogens with zero attached hydrogens (tertiary/aromatic N) is 4. The van der Waals surface area contributed by atoms with Gasteiger partial charge in [0.15, 0.2) is 6.61 Å². The molecule has 10 nitrogen and oxygen atoms in total. The number of rotatable bonds is 8. The van der Waals surface area contributed by atoms with E-state index in [0.717, 1.165) is 12.8 Å². The van der Waals surface area contributed by atoms with E-state index in [1.165, 1.54) is 36.3 Å². The molecule has 2 N–H and O–H groups in total. The lowest BCUT2D eigenvalue weighted by Gasteiger charge is -2.21. The fourth-order valence-electron chi connectivity index (χ4n) is 3.27. The zero-order valence-corrected chi connectivity index (χ0v) is 16.0. The van der Waals surface area contributed by atoms with Crippen molar-refractivity contribution in [1.29, 1.82) is 0 Å². The fourth-order valence-corrected chi connectivity index (χ4v) is 3.27. The molecule has 10 heteroatoms. The van der Waals surface area contributed by atoms with Gasteiger partial charge < -0.3 is 15.4 Å². The monoisotopic (exact) mass is 400 g/mol. The highest BCUT2D eigenvalue weighted by Gasteiger charge is 2.18. The van der Waals surface area contributed by atoms with Gasteiger partial charge in [0, 0.05) is 6.54 Å². The molecule has 1 saturated carbocycles. The number of ether oxygens (including phenoxy) is 1. The molecule has 0 bridgehead atoms. The number of para-hydroxylation sites is 1. The van der Waals surface area contributed by atoms with Crippen molar-refractivity contribution < 1.29 is 19.1 Å². The molecule has 1 aromatic heterocycles. The van der Waals surface area contributed by atoms with Crippen molar-refractivity contribution in [3.63, 3.8) is 0 Å². The highest BCUT2D eigenvalue weighted by atomic mass is 16.5. The Morgan fingerprint density at radius 2 is 1.90 bits per heavy atom. The second-order valence-electron chi connectivity index (χ2n) is 6.99. The molecule has 3 rings (SSSR count). The average Bonchev–Trinajstić information content (AvgIpc) is 3.24. The summed E-state index contributed by atoms with van der Waals surface area (Å²) >= 11 is 0. The predicted octanol–water partition coefficient (Wildman–Crippen LogP) is 1.17. The molecule has 2 aromatic rings.